The normalized spacial score (nSPS) is 20.2. The monoisotopic (exact) mass is 228 g/mol. The molecule has 0 spiro atoms. The number of amides is 1. The van der Waals surface area contributed by atoms with E-state index >= 15 is 0 Å². The quantitative estimate of drug-likeness (QED) is 0.745. The zero-order valence-electron chi connectivity index (χ0n) is 10.4. The second-order valence-electron chi connectivity index (χ2n) is 4.77. The van der Waals surface area contributed by atoms with Crippen molar-refractivity contribution >= 4 is 5.91 Å². The van der Waals surface area contributed by atoms with Crippen molar-refractivity contribution in [3.8, 4) is 0 Å². The van der Waals surface area contributed by atoms with Crippen LogP contribution in [-0.4, -0.2) is 41.1 Å². The van der Waals surface area contributed by atoms with Crippen LogP contribution in [0.4, 0.5) is 0 Å². The van der Waals surface area contributed by atoms with Crippen molar-refractivity contribution in [2.45, 2.75) is 45.1 Å². The highest BCUT2D eigenvalue weighted by Gasteiger charge is 2.33. The van der Waals surface area contributed by atoms with Gasteiger partial charge in [-0.15, -0.1) is 0 Å². The van der Waals surface area contributed by atoms with E-state index in [0.717, 1.165) is 12.8 Å². The van der Waals surface area contributed by atoms with Crippen molar-refractivity contribution in [3.05, 3.63) is 0 Å². The summed E-state index contributed by atoms with van der Waals surface area (Å²) in [4.78, 5) is 13.9. The fourth-order valence-corrected chi connectivity index (χ4v) is 2.24. The van der Waals surface area contributed by atoms with Gasteiger partial charge in [0.2, 0.25) is 5.91 Å². The van der Waals surface area contributed by atoms with Gasteiger partial charge in [-0.1, -0.05) is 13.8 Å². The van der Waals surface area contributed by atoms with Gasteiger partial charge in [0, 0.05) is 25.6 Å². The van der Waals surface area contributed by atoms with Crippen LogP contribution in [0.2, 0.25) is 0 Å². The summed E-state index contributed by atoms with van der Waals surface area (Å²) in [5.74, 6) is 0.383. The van der Waals surface area contributed by atoms with Gasteiger partial charge >= 0.3 is 0 Å². The SMILES string of the molecule is CCC(CC)C(=O)N1CCC(O)(CN)CC1. The van der Waals surface area contributed by atoms with Gasteiger partial charge in [-0.3, -0.25) is 4.79 Å². The van der Waals surface area contributed by atoms with Gasteiger partial charge in [-0.25, -0.2) is 0 Å². The van der Waals surface area contributed by atoms with E-state index in [1.807, 2.05) is 18.7 Å². The summed E-state index contributed by atoms with van der Waals surface area (Å²) < 4.78 is 0. The third-order valence-corrected chi connectivity index (χ3v) is 3.72. The Balaban J connectivity index is 2.50. The Kier molecular flexibility index (Phi) is 4.74. The van der Waals surface area contributed by atoms with E-state index < -0.39 is 5.60 Å². The number of rotatable bonds is 4. The molecule has 0 bridgehead atoms. The maximum Gasteiger partial charge on any atom is 0.225 e. The van der Waals surface area contributed by atoms with Gasteiger partial charge in [0.1, 0.15) is 0 Å². The van der Waals surface area contributed by atoms with E-state index in [-0.39, 0.29) is 11.8 Å². The van der Waals surface area contributed by atoms with E-state index in [9.17, 15) is 9.90 Å². The average molecular weight is 228 g/mol. The van der Waals surface area contributed by atoms with Crippen LogP contribution in [0, 0.1) is 5.92 Å². The topological polar surface area (TPSA) is 66.6 Å². The third kappa shape index (κ3) is 2.95. The third-order valence-electron chi connectivity index (χ3n) is 3.72. The van der Waals surface area contributed by atoms with Gasteiger partial charge in [0.15, 0.2) is 0 Å². The Bertz CT molecular complexity index is 231. The second kappa shape index (κ2) is 5.64. The molecule has 1 heterocycles. The van der Waals surface area contributed by atoms with Crippen molar-refractivity contribution in [3.63, 3.8) is 0 Å². The largest absolute Gasteiger partial charge is 0.388 e. The first-order valence-corrected chi connectivity index (χ1v) is 6.27. The molecule has 3 N–H and O–H groups in total. The summed E-state index contributed by atoms with van der Waals surface area (Å²) in [7, 11) is 0. The van der Waals surface area contributed by atoms with Crippen molar-refractivity contribution in [2.75, 3.05) is 19.6 Å². The van der Waals surface area contributed by atoms with Crippen LogP contribution in [0.25, 0.3) is 0 Å². The Hall–Kier alpha value is -0.610. The van der Waals surface area contributed by atoms with Gasteiger partial charge in [-0.2, -0.15) is 0 Å². The zero-order valence-corrected chi connectivity index (χ0v) is 10.4. The molecule has 0 aromatic carbocycles. The maximum atomic E-state index is 12.1. The highest BCUT2D eigenvalue weighted by molar-refractivity contribution is 5.78. The van der Waals surface area contributed by atoms with Gasteiger partial charge in [0.25, 0.3) is 0 Å². The molecule has 0 saturated carbocycles. The summed E-state index contributed by atoms with van der Waals surface area (Å²) in [6.45, 7) is 5.67. The van der Waals surface area contributed by atoms with Crippen molar-refractivity contribution in [1.29, 1.82) is 0 Å². The molecule has 1 rings (SSSR count). The number of likely N-dealkylation sites (tertiary alicyclic amines) is 1. The molecule has 1 fully saturated rings. The van der Waals surface area contributed by atoms with Crippen LogP contribution in [0.3, 0.4) is 0 Å². The van der Waals surface area contributed by atoms with Crippen LogP contribution in [0.15, 0.2) is 0 Å². The molecular weight excluding hydrogens is 204 g/mol. The minimum Gasteiger partial charge on any atom is -0.388 e. The number of hydrogen-bond donors (Lipinski definition) is 2. The zero-order chi connectivity index (χ0) is 12.2. The van der Waals surface area contributed by atoms with Crippen LogP contribution >= 0.6 is 0 Å². The lowest BCUT2D eigenvalue weighted by Gasteiger charge is -2.38. The van der Waals surface area contributed by atoms with Gasteiger partial charge in [-0.05, 0) is 25.7 Å². The minimum atomic E-state index is -0.745. The number of nitrogens with zero attached hydrogens (tertiary/aromatic N) is 1. The molecule has 1 aliphatic heterocycles. The molecule has 0 radical (unpaired) electrons. The van der Waals surface area contributed by atoms with Crippen LogP contribution in [-0.2, 0) is 4.79 Å². The van der Waals surface area contributed by atoms with Crippen LogP contribution in [0.1, 0.15) is 39.5 Å². The first-order chi connectivity index (χ1) is 7.56. The standard InChI is InChI=1S/C12H24N2O2/c1-3-10(4-2)11(15)14-7-5-12(16,9-13)6-8-14/h10,16H,3-9,13H2,1-2H3. The molecule has 0 aromatic rings. The van der Waals surface area contributed by atoms with Crippen LogP contribution in [0.5, 0.6) is 0 Å². The van der Waals surface area contributed by atoms with Crippen molar-refractivity contribution in [1.82, 2.24) is 4.90 Å². The summed E-state index contributed by atoms with van der Waals surface area (Å²) in [6.07, 6.45) is 3.00. The number of carbonyl (C=O) groups is 1. The smallest absolute Gasteiger partial charge is 0.225 e. The number of nitrogens with two attached hydrogens (primary N) is 1. The molecule has 0 unspecified atom stereocenters. The van der Waals surface area contributed by atoms with Crippen molar-refractivity contribution < 1.29 is 9.90 Å². The Morgan fingerprint density at radius 3 is 2.25 bits per heavy atom. The Labute approximate surface area is 97.8 Å². The molecule has 0 atom stereocenters. The lowest BCUT2D eigenvalue weighted by atomic mass is 9.90. The summed E-state index contributed by atoms with van der Waals surface area (Å²) in [6, 6.07) is 0. The molecule has 4 heteroatoms. The molecule has 1 saturated heterocycles. The average Bonchev–Trinajstić information content (AvgIpc) is 2.31. The minimum absolute atomic E-state index is 0.143. The Morgan fingerprint density at radius 2 is 1.88 bits per heavy atom. The predicted molar refractivity (Wildman–Crippen MR) is 63.9 cm³/mol. The van der Waals surface area contributed by atoms with E-state index in [1.54, 1.807) is 0 Å². The molecule has 4 nitrogen and oxygen atoms in total. The number of aliphatic hydroxyl groups is 1. The lowest BCUT2D eigenvalue weighted by Crippen LogP contribution is -2.51. The van der Waals surface area contributed by atoms with Crippen LogP contribution < -0.4 is 5.73 Å². The van der Waals surface area contributed by atoms with Gasteiger partial charge < -0.3 is 15.7 Å². The van der Waals surface area contributed by atoms with E-state index in [2.05, 4.69) is 0 Å². The molecule has 16 heavy (non-hydrogen) atoms. The van der Waals surface area contributed by atoms with E-state index in [4.69, 9.17) is 5.73 Å². The fourth-order valence-electron chi connectivity index (χ4n) is 2.24. The van der Waals surface area contributed by atoms with E-state index in [1.165, 1.54) is 0 Å². The predicted octanol–water partition coefficient (Wildman–Crippen LogP) is 0.735. The van der Waals surface area contributed by atoms with Crippen molar-refractivity contribution in [2.24, 2.45) is 11.7 Å². The fraction of sp³-hybridized carbons (Fsp3) is 0.917. The highest BCUT2D eigenvalue weighted by atomic mass is 16.3. The first-order valence-electron chi connectivity index (χ1n) is 6.27. The summed E-state index contributed by atoms with van der Waals surface area (Å²) in [5, 5.41) is 9.97. The molecule has 0 aliphatic carbocycles. The number of piperidine rings is 1. The summed E-state index contributed by atoms with van der Waals surface area (Å²) in [5.41, 5.74) is 4.77. The molecule has 94 valence electrons. The molecule has 1 aliphatic rings. The maximum absolute atomic E-state index is 12.1. The Morgan fingerprint density at radius 1 is 1.38 bits per heavy atom. The number of carbonyl (C=O) groups excluding carboxylic acids is 1. The highest BCUT2D eigenvalue weighted by Crippen LogP contribution is 2.23. The van der Waals surface area contributed by atoms with E-state index in [0.29, 0.717) is 32.5 Å². The summed E-state index contributed by atoms with van der Waals surface area (Å²) >= 11 is 0. The molecule has 0 aromatic heterocycles. The molecular formula is C12H24N2O2. The molecule has 1 amide bonds. The second-order valence-corrected chi connectivity index (χ2v) is 4.77. The van der Waals surface area contributed by atoms with Gasteiger partial charge in [0.05, 0.1) is 5.60 Å². The first kappa shape index (κ1) is 13.5. The number of hydrogen-bond acceptors (Lipinski definition) is 3. The lowest BCUT2D eigenvalue weighted by molar-refractivity contribution is -0.139.